The number of H-pyrrole nitrogens is 1. The highest BCUT2D eigenvalue weighted by atomic mass is 16.2. The first-order valence-electron chi connectivity index (χ1n) is 8.99. The number of aromatic nitrogens is 2. The van der Waals surface area contributed by atoms with Crippen LogP contribution in [0.1, 0.15) is 38.8 Å². The summed E-state index contributed by atoms with van der Waals surface area (Å²) in [7, 11) is 0. The van der Waals surface area contributed by atoms with Crippen molar-refractivity contribution in [1.82, 2.24) is 15.3 Å². The van der Waals surface area contributed by atoms with Gasteiger partial charge < -0.3 is 10.3 Å². The lowest BCUT2D eigenvalue weighted by molar-refractivity contribution is 0.0938. The van der Waals surface area contributed by atoms with Crippen LogP contribution in [-0.4, -0.2) is 15.9 Å². The summed E-state index contributed by atoms with van der Waals surface area (Å²) in [6.45, 7) is 4.03. The average Bonchev–Trinajstić information content (AvgIpc) is 3.04. The summed E-state index contributed by atoms with van der Waals surface area (Å²) in [5, 5.41) is 4.28. The van der Waals surface area contributed by atoms with Crippen molar-refractivity contribution < 1.29 is 4.79 Å². The molecule has 134 valence electrons. The van der Waals surface area contributed by atoms with Gasteiger partial charge in [-0.3, -0.25) is 9.78 Å². The van der Waals surface area contributed by atoms with E-state index in [4.69, 9.17) is 0 Å². The molecule has 2 N–H and O–H groups in total. The van der Waals surface area contributed by atoms with Gasteiger partial charge in [-0.05, 0) is 54.3 Å². The third-order valence-corrected chi connectivity index (χ3v) is 5.01. The second kappa shape index (κ2) is 7.08. The van der Waals surface area contributed by atoms with Gasteiger partial charge >= 0.3 is 0 Å². The van der Waals surface area contributed by atoms with Gasteiger partial charge in [0.1, 0.15) is 5.69 Å². The lowest BCUT2D eigenvalue weighted by Crippen LogP contribution is -2.30. The number of pyridine rings is 1. The highest BCUT2D eigenvalue weighted by Crippen LogP contribution is 2.26. The number of rotatable bonds is 4. The highest BCUT2D eigenvalue weighted by Gasteiger charge is 2.22. The first-order chi connectivity index (χ1) is 13.1. The van der Waals surface area contributed by atoms with Crippen LogP contribution >= 0.6 is 0 Å². The van der Waals surface area contributed by atoms with Crippen molar-refractivity contribution in [3.05, 3.63) is 101 Å². The molecule has 0 aliphatic heterocycles. The number of nitrogens with zero attached hydrogens (tertiary/aromatic N) is 1. The van der Waals surface area contributed by atoms with Crippen molar-refractivity contribution >= 4 is 16.8 Å². The third kappa shape index (κ3) is 3.22. The van der Waals surface area contributed by atoms with Crippen molar-refractivity contribution in [2.24, 2.45) is 0 Å². The van der Waals surface area contributed by atoms with Crippen LogP contribution < -0.4 is 5.32 Å². The second-order valence-corrected chi connectivity index (χ2v) is 6.71. The van der Waals surface area contributed by atoms with Crippen LogP contribution in [0.5, 0.6) is 0 Å². The molecule has 4 heteroatoms. The molecule has 0 aliphatic carbocycles. The smallest absolute Gasteiger partial charge is 0.268 e. The van der Waals surface area contributed by atoms with Crippen LogP contribution in [-0.2, 0) is 0 Å². The molecule has 2 aromatic heterocycles. The quantitative estimate of drug-likeness (QED) is 0.557. The molecule has 1 unspecified atom stereocenters. The summed E-state index contributed by atoms with van der Waals surface area (Å²) in [6, 6.07) is 19.7. The Hall–Kier alpha value is -3.40. The molecule has 2 heterocycles. The molecule has 2 aromatic carbocycles. The van der Waals surface area contributed by atoms with Gasteiger partial charge in [-0.2, -0.15) is 0 Å². The largest absolute Gasteiger partial charge is 0.350 e. The first kappa shape index (κ1) is 17.0. The Morgan fingerprint density at radius 1 is 0.963 bits per heavy atom. The van der Waals surface area contributed by atoms with E-state index in [1.54, 1.807) is 12.4 Å². The first-order valence-corrected chi connectivity index (χ1v) is 8.99. The lowest BCUT2D eigenvalue weighted by atomic mass is 9.95. The molecule has 1 atom stereocenters. The number of amides is 1. The van der Waals surface area contributed by atoms with Crippen molar-refractivity contribution in [1.29, 1.82) is 0 Å². The van der Waals surface area contributed by atoms with E-state index in [2.05, 4.69) is 34.3 Å². The fraction of sp³-hybridized carbons (Fsp3) is 0.130. The van der Waals surface area contributed by atoms with Crippen molar-refractivity contribution in [2.45, 2.75) is 19.9 Å². The maximum Gasteiger partial charge on any atom is 0.268 e. The minimum absolute atomic E-state index is 0.117. The molecule has 4 rings (SSSR count). The molecule has 4 aromatic rings. The van der Waals surface area contributed by atoms with Crippen molar-refractivity contribution in [3.63, 3.8) is 0 Å². The lowest BCUT2D eigenvalue weighted by Gasteiger charge is -2.21. The number of benzene rings is 2. The van der Waals surface area contributed by atoms with Crippen LogP contribution in [0.3, 0.4) is 0 Å². The molecule has 0 fully saturated rings. The number of hydrogen-bond acceptors (Lipinski definition) is 2. The number of hydrogen-bond donors (Lipinski definition) is 2. The molecule has 0 aliphatic rings. The van der Waals surface area contributed by atoms with Gasteiger partial charge in [0.15, 0.2) is 0 Å². The molecule has 0 bridgehead atoms. The molecule has 0 saturated heterocycles. The Labute approximate surface area is 158 Å². The summed E-state index contributed by atoms with van der Waals surface area (Å²) in [4.78, 5) is 20.5. The predicted octanol–water partition coefficient (Wildman–Crippen LogP) is 4.70. The molecular weight excluding hydrogens is 334 g/mol. The molecule has 0 saturated carbocycles. The van der Waals surface area contributed by atoms with Crippen LogP contribution in [0, 0.1) is 13.8 Å². The summed E-state index contributed by atoms with van der Waals surface area (Å²) in [5.74, 6) is -0.117. The fourth-order valence-corrected chi connectivity index (χ4v) is 3.52. The maximum atomic E-state index is 13.1. The van der Waals surface area contributed by atoms with Crippen LogP contribution in [0.2, 0.25) is 0 Å². The Balaban J connectivity index is 1.74. The zero-order valence-corrected chi connectivity index (χ0v) is 15.4. The normalized spacial score (nSPS) is 12.1. The van der Waals surface area contributed by atoms with E-state index in [1.165, 1.54) is 0 Å². The van der Waals surface area contributed by atoms with Gasteiger partial charge in [-0.15, -0.1) is 0 Å². The predicted molar refractivity (Wildman–Crippen MR) is 108 cm³/mol. The zero-order valence-electron chi connectivity index (χ0n) is 15.4. The second-order valence-electron chi connectivity index (χ2n) is 6.71. The van der Waals surface area contributed by atoms with Crippen molar-refractivity contribution in [3.8, 4) is 0 Å². The van der Waals surface area contributed by atoms with Gasteiger partial charge in [-0.1, -0.05) is 42.5 Å². The van der Waals surface area contributed by atoms with Crippen LogP contribution in [0.25, 0.3) is 10.9 Å². The van der Waals surface area contributed by atoms with Gasteiger partial charge in [0, 0.05) is 23.3 Å². The third-order valence-electron chi connectivity index (χ3n) is 5.01. The monoisotopic (exact) mass is 355 g/mol. The minimum atomic E-state index is -0.243. The Morgan fingerprint density at radius 2 is 1.67 bits per heavy atom. The Morgan fingerprint density at radius 3 is 2.41 bits per heavy atom. The number of carbonyl (C=O) groups excluding carboxylic acids is 1. The summed E-state index contributed by atoms with van der Waals surface area (Å²) < 4.78 is 0. The van der Waals surface area contributed by atoms with E-state index in [-0.39, 0.29) is 11.9 Å². The number of aryl methyl sites for hydroxylation is 2. The fourth-order valence-electron chi connectivity index (χ4n) is 3.52. The molecule has 0 spiro atoms. The highest BCUT2D eigenvalue weighted by molar-refractivity contribution is 6.01. The molecular formula is C23H21N3O. The van der Waals surface area contributed by atoms with Crippen molar-refractivity contribution in [2.75, 3.05) is 0 Å². The average molecular weight is 355 g/mol. The van der Waals surface area contributed by atoms with E-state index in [0.29, 0.717) is 5.69 Å². The Kier molecular flexibility index (Phi) is 4.47. The molecule has 0 radical (unpaired) electrons. The number of aromatic amines is 1. The molecule has 4 nitrogen and oxygen atoms in total. The SMILES string of the molecule is Cc1ccccc1C(NC(=O)c1[nH]c2ccccc2c1C)c1ccncc1. The summed E-state index contributed by atoms with van der Waals surface area (Å²) in [5.41, 5.74) is 5.74. The van der Waals surface area contributed by atoms with E-state index in [9.17, 15) is 4.79 Å². The maximum absolute atomic E-state index is 13.1. The van der Waals surface area contributed by atoms with Gasteiger partial charge in [0.2, 0.25) is 0 Å². The van der Waals surface area contributed by atoms with E-state index >= 15 is 0 Å². The topological polar surface area (TPSA) is 57.8 Å². The number of para-hydroxylation sites is 1. The standard InChI is InChI=1S/C23H21N3O/c1-15-7-3-4-8-18(15)22(17-11-13-24-14-12-17)26-23(27)21-16(2)19-9-5-6-10-20(19)25-21/h3-14,22,25H,1-2H3,(H,26,27). The van der Waals surface area contributed by atoms with E-state index in [1.807, 2.05) is 55.5 Å². The van der Waals surface area contributed by atoms with E-state index < -0.39 is 0 Å². The number of fused-ring (bicyclic) bond motifs is 1. The minimum Gasteiger partial charge on any atom is -0.350 e. The van der Waals surface area contributed by atoms with Gasteiger partial charge in [0.05, 0.1) is 6.04 Å². The summed E-state index contributed by atoms with van der Waals surface area (Å²) >= 11 is 0. The van der Waals surface area contributed by atoms with E-state index in [0.717, 1.165) is 33.2 Å². The van der Waals surface area contributed by atoms with Crippen LogP contribution in [0.15, 0.2) is 73.1 Å². The van der Waals surface area contributed by atoms with Crippen LogP contribution in [0.4, 0.5) is 0 Å². The zero-order chi connectivity index (χ0) is 18.8. The molecule has 1 amide bonds. The molecule has 27 heavy (non-hydrogen) atoms. The number of nitrogens with one attached hydrogen (secondary N) is 2. The number of carbonyl (C=O) groups is 1. The van der Waals surface area contributed by atoms with Gasteiger partial charge in [0.25, 0.3) is 5.91 Å². The van der Waals surface area contributed by atoms with Gasteiger partial charge in [-0.25, -0.2) is 0 Å². The summed E-state index contributed by atoms with van der Waals surface area (Å²) in [6.07, 6.45) is 3.50. The Bertz CT molecular complexity index is 1100.